The molecule has 0 saturated heterocycles. The second-order valence-electron chi connectivity index (χ2n) is 7.29. The molecule has 7 nitrogen and oxygen atoms in total. The minimum absolute atomic E-state index is 0.0958. The molecule has 0 saturated carbocycles. The highest BCUT2D eigenvalue weighted by atomic mass is 19.1. The number of nitrogens with zero attached hydrogens (tertiary/aromatic N) is 4. The Morgan fingerprint density at radius 2 is 1.90 bits per heavy atom. The third-order valence-electron chi connectivity index (χ3n) is 5.21. The van der Waals surface area contributed by atoms with Crippen LogP contribution < -0.4 is 10.2 Å². The van der Waals surface area contributed by atoms with E-state index in [-0.39, 0.29) is 24.8 Å². The Labute approximate surface area is 177 Å². The van der Waals surface area contributed by atoms with E-state index in [2.05, 4.69) is 15.3 Å². The molecule has 3 heterocycles. The molecule has 0 aliphatic carbocycles. The number of rotatable bonds is 5. The van der Waals surface area contributed by atoms with Crippen molar-refractivity contribution in [2.24, 2.45) is 0 Å². The van der Waals surface area contributed by atoms with Crippen molar-refractivity contribution in [3.05, 3.63) is 84.4 Å². The predicted molar refractivity (Wildman–Crippen MR) is 114 cm³/mol. The van der Waals surface area contributed by atoms with Gasteiger partial charge in [-0.15, -0.1) is 0 Å². The van der Waals surface area contributed by atoms with Crippen LogP contribution in [0.3, 0.4) is 0 Å². The standard InChI is InChI=1S/C23H18FN5O2/c24-15-6-5-8-16(12-15)26-21(30)13-20-22(31)28(14-17-7-3-4-11-25-17)23-27-18-9-1-2-10-19(18)29(20)23/h1-12,20H,13-14H2,(H,26,30). The minimum atomic E-state index is -0.750. The normalized spacial score (nSPS) is 15.3. The quantitative estimate of drug-likeness (QED) is 0.539. The highest BCUT2D eigenvalue weighted by Gasteiger charge is 2.41. The van der Waals surface area contributed by atoms with Crippen LogP contribution in [0, 0.1) is 5.82 Å². The molecule has 0 radical (unpaired) electrons. The van der Waals surface area contributed by atoms with Crippen LogP contribution in [0.15, 0.2) is 72.9 Å². The molecule has 0 bridgehead atoms. The summed E-state index contributed by atoms with van der Waals surface area (Å²) in [5.41, 5.74) is 2.58. The van der Waals surface area contributed by atoms with Gasteiger partial charge in [-0.3, -0.25) is 24.0 Å². The van der Waals surface area contributed by atoms with Gasteiger partial charge in [0.1, 0.15) is 11.9 Å². The van der Waals surface area contributed by atoms with Crippen LogP contribution in [-0.4, -0.2) is 26.3 Å². The molecular weight excluding hydrogens is 397 g/mol. The maximum Gasteiger partial charge on any atom is 0.253 e. The first-order valence-electron chi connectivity index (χ1n) is 9.84. The van der Waals surface area contributed by atoms with Crippen molar-refractivity contribution in [2.75, 3.05) is 10.2 Å². The molecule has 8 heteroatoms. The van der Waals surface area contributed by atoms with Crippen molar-refractivity contribution in [1.29, 1.82) is 0 Å². The van der Waals surface area contributed by atoms with E-state index in [1.54, 1.807) is 21.7 Å². The van der Waals surface area contributed by atoms with Crippen molar-refractivity contribution in [2.45, 2.75) is 19.0 Å². The van der Waals surface area contributed by atoms with Crippen LogP contribution in [0.5, 0.6) is 0 Å². The van der Waals surface area contributed by atoms with Crippen molar-refractivity contribution in [3.63, 3.8) is 0 Å². The van der Waals surface area contributed by atoms with E-state index in [1.807, 2.05) is 42.5 Å². The summed E-state index contributed by atoms with van der Waals surface area (Å²) in [6.07, 6.45) is 1.57. The van der Waals surface area contributed by atoms with Crippen molar-refractivity contribution in [1.82, 2.24) is 14.5 Å². The molecule has 1 atom stereocenters. The number of halogens is 1. The number of benzene rings is 2. The number of hydrogen-bond donors (Lipinski definition) is 1. The van der Waals surface area contributed by atoms with Gasteiger partial charge >= 0.3 is 0 Å². The topological polar surface area (TPSA) is 80.1 Å². The number of carbonyl (C=O) groups is 2. The van der Waals surface area contributed by atoms with Crippen LogP contribution >= 0.6 is 0 Å². The Hall–Kier alpha value is -4.07. The summed E-state index contributed by atoms with van der Waals surface area (Å²) >= 11 is 0. The first-order chi connectivity index (χ1) is 15.1. The number of para-hydroxylation sites is 2. The first kappa shape index (κ1) is 18.9. The van der Waals surface area contributed by atoms with Crippen molar-refractivity contribution >= 4 is 34.5 Å². The summed E-state index contributed by atoms with van der Waals surface area (Å²) in [7, 11) is 0. The smallest absolute Gasteiger partial charge is 0.253 e. The minimum Gasteiger partial charge on any atom is -0.326 e. The van der Waals surface area contributed by atoms with E-state index in [4.69, 9.17) is 0 Å². The molecule has 1 N–H and O–H groups in total. The van der Waals surface area contributed by atoms with Crippen LogP contribution in [0.2, 0.25) is 0 Å². The molecule has 1 unspecified atom stereocenters. The third-order valence-corrected chi connectivity index (χ3v) is 5.21. The van der Waals surface area contributed by atoms with Gasteiger partial charge in [0.15, 0.2) is 0 Å². The second-order valence-corrected chi connectivity index (χ2v) is 7.29. The summed E-state index contributed by atoms with van der Waals surface area (Å²) in [5.74, 6) is -0.569. The largest absolute Gasteiger partial charge is 0.326 e. The molecule has 1 aliphatic heterocycles. The fourth-order valence-corrected chi connectivity index (χ4v) is 3.85. The zero-order valence-corrected chi connectivity index (χ0v) is 16.4. The molecule has 2 aromatic heterocycles. The SMILES string of the molecule is O=C(CC1C(=O)N(Cc2ccccn2)c2nc3ccccc3n21)Nc1cccc(F)c1. The molecule has 0 fully saturated rings. The van der Waals surface area contributed by atoms with E-state index in [9.17, 15) is 14.0 Å². The van der Waals surface area contributed by atoms with Gasteiger partial charge in [-0.2, -0.15) is 0 Å². The fourth-order valence-electron chi connectivity index (χ4n) is 3.85. The number of nitrogens with one attached hydrogen (secondary N) is 1. The molecule has 2 amide bonds. The van der Waals surface area contributed by atoms with Gasteiger partial charge in [-0.05, 0) is 42.5 Å². The van der Waals surface area contributed by atoms with Gasteiger partial charge in [-0.25, -0.2) is 9.37 Å². The first-order valence-corrected chi connectivity index (χ1v) is 9.84. The maximum absolute atomic E-state index is 13.4. The molecular formula is C23H18FN5O2. The molecule has 2 aromatic carbocycles. The molecule has 1 aliphatic rings. The second kappa shape index (κ2) is 7.64. The Morgan fingerprint density at radius 3 is 2.71 bits per heavy atom. The number of fused-ring (bicyclic) bond motifs is 3. The van der Waals surface area contributed by atoms with Crippen LogP contribution in [0.25, 0.3) is 11.0 Å². The number of carbonyl (C=O) groups excluding carboxylic acids is 2. The molecule has 4 aromatic rings. The van der Waals surface area contributed by atoms with Crippen LogP contribution in [0.4, 0.5) is 16.0 Å². The van der Waals surface area contributed by atoms with Gasteiger partial charge in [-0.1, -0.05) is 24.3 Å². The van der Waals surface area contributed by atoms with E-state index in [1.165, 1.54) is 18.2 Å². The third kappa shape index (κ3) is 3.52. The molecule has 31 heavy (non-hydrogen) atoms. The Bertz CT molecular complexity index is 1290. The van der Waals surface area contributed by atoms with Gasteiger partial charge in [0.25, 0.3) is 5.91 Å². The van der Waals surface area contributed by atoms with Gasteiger partial charge in [0.05, 0.1) is 29.7 Å². The van der Waals surface area contributed by atoms with E-state index < -0.39 is 11.9 Å². The fraction of sp³-hybridized carbons (Fsp3) is 0.130. The van der Waals surface area contributed by atoms with Crippen LogP contribution in [-0.2, 0) is 16.1 Å². The zero-order valence-electron chi connectivity index (χ0n) is 16.4. The summed E-state index contributed by atoms with van der Waals surface area (Å²) in [6.45, 7) is 0.255. The number of aromatic nitrogens is 3. The number of anilines is 2. The number of imidazole rings is 1. The molecule has 5 rings (SSSR count). The molecule has 154 valence electrons. The van der Waals surface area contributed by atoms with Crippen LogP contribution in [0.1, 0.15) is 18.2 Å². The summed E-state index contributed by atoms with van der Waals surface area (Å²) in [6, 6.07) is 17.9. The van der Waals surface area contributed by atoms with Gasteiger partial charge in [0.2, 0.25) is 11.9 Å². The Kier molecular flexibility index (Phi) is 4.66. The lowest BCUT2D eigenvalue weighted by Gasteiger charge is -2.15. The summed E-state index contributed by atoms with van der Waals surface area (Å²) in [4.78, 5) is 36.5. The predicted octanol–water partition coefficient (Wildman–Crippen LogP) is 3.69. The maximum atomic E-state index is 13.4. The zero-order chi connectivity index (χ0) is 21.4. The number of pyridine rings is 1. The van der Waals surface area contributed by atoms with E-state index in [0.29, 0.717) is 11.6 Å². The summed E-state index contributed by atoms with van der Waals surface area (Å²) < 4.78 is 15.2. The highest BCUT2D eigenvalue weighted by molar-refractivity contribution is 6.05. The lowest BCUT2D eigenvalue weighted by Crippen LogP contribution is -2.31. The van der Waals surface area contributed by atoms with Crippen molar-refractivity contribution < 1.29 is 14.0 Å². The number of amides is 2. The Morgan fingerprint density at radius 1 is 1.06 bits per heavy atom. The number of hydrogen-bond acceptors (Lipinski definition) is 4. The van der Waals surface area contributed by atoms with E-state index >= 15 is 0 Å². The monoisotopic (exact) mass is 415 g/mol. The van der Waals surface area contributed by atoms with Gasteiger partial charge in [0, 0.05) is 11.9 Å². The Balaban J connectivity index is 1.47. The summed E-state index contributed by atoms with van der Waals surface area (Å²) in [5, 5.41) is 2.67. The average molecular weight is 415 g/mol. The lowest BCUT2D eigenvalue weighted by molar-refractivity contribution is -0.124. The molecule has 0 spiro atoms. The van der Waals surface area contributed by atoms with Crippen molar-refractivity contribution in [3.8, 4) is 0 Å². The lowest BCUT2D eigenvalue weighted by atomic mass is 10.1. The average Bonchev–Trinajstić information content (AvgIpc) is 3.25. The highest BCUT2D eigenvalue weighted by Crippen LogP contribution is 2.37. The van der Waals surface area contributed by atoms with E-state index in [0.717, 1.165) is 16.7 Å². The van der Waals surface area contributed by atoms with Gasteiger partial charge < -0.3 is 5.32 Å².